The monoisotopic (exact) mass is 540 g/mol. The molecule has 0 fully saturated rings. The summed E-state index contributed by atoms with van der Waals surface area (Å²) >= 11 is 6.16. The Balaban J connectivity index is 1.99. The molecule has 1 amide bonds. The van der Waals surface area contributed by atoms with Gasteiger partial charge in [0.15, 0.2) is 0 Å². The Morgan fingerprint density at radius 2 is 1.69 bits per heavy atom. The Morgan fingerprint density at radius 3 is 2.25 bits per heavy atom. The number of anilines is 1. The van der Waals surface area contributed by atoms with Gasteiger partial charge in [-0.05, 0) is 54.4 Å². The summed E-state index contributed by atoms with van der Waals surface area (Å²) in [5.41, 5.74) is -0.801. The van der Waals surface area contributed by atoms with E-state index in [-0.39, 0.29) is 9.92 Å². The van der Waals surface area contributed by atoms with Gasteiger partial charge in [0, 0.05) is 0 Å². The summed E-state index contributed by atoms with van der Waals surface area (Å²) in [4.78, 5) is 12.9. The van der Waals surface area contributed by atoms with Gasteiger partial charge in [-0.15, -0.1) is 0 Å². The molecular formula is C25H24ClF3N2O4S. The zero-order valence-electron chi connectivity index (χ0n) is 19.4. The topological polar surface area (TPSA) is 75.7 Å². The molecule has 11 heteroatoms. The number of methoxy groups -OCH3 is 1. The maximum atomic E-state index is 13.5. The third kappa shape index (κ3) is 6.30. The van der Waals surface area contributed by atoms with E-state index in [1.807, 2.05) is 6.92 Å². The van der Waals surface area contributed by atoms with Gasteiger partial charge in [0.2, 0.25) is 5.91 Å². The first-order valence-corrected chi connectivity index (χ1v) is 12.7. The number of nitrogens with zero attached hydrogens (tertiary/aromatic N) is 1. The summed E-state index contributed by atoms with van der Waals surface area (Å²) in [5, 5.41) is 2.51. The number of amides is 1. The molecule has 3 aromatic carbocycles. The van der Waals surface area contributed by atoms with Crippen molar-refractivity contribution in [2.75, 3.05) is 18.0 Å². The average molecular weight is 541 g/mol. The van der Waals surface area contributed by atoms with Crippen molar-refractivity contribution in [1.82, 2.24) is 5.32 Å². The Kier molecular flexibility index (Phi) is 8.52. The van der Waals surface area contributed by atoms with Crippen molar-refractivity contribution in [2.24, 2.45) is 0 Å². The largest absolute Gasteiger partial charge is 0.497 e. The fourth-order valence-corrected chi connectivity index (χ4v) is 5.25. The number of sulfonamides is 1. The van der Waals surface area contributed by atoms with Crippen molar-refractivity contribution >= 4 is 33.2 Å². The van der Waals surface area contributed by atoms with Gasteiger partial charge in [-0.2, -0.15) is 13.2 Å². The van der Waals surface area contributed by atoms with Crippen molar-refractivity contribution in [1.29, 1.82) is 0 Å². The van der Waals surface area contributed by atoms with Crippen LogP contribution in [-0.4, -0.2) is 28.0 Å². The molecule has 1 N–H and O–H groups in total. The van der Waals surface area contributed by atoms with Crippen LogP contribution >= 0.6 is 11.6 Å². The van der Waals surface area contributed by atoms with Crippen LogP contribution < -0.4 is 14.4 Å². The summed E-state index contributed by atoms with van der Waals surface area (Å²) in [5.74, 6) is -0.0927. The zero-order valence-corrected chi connectivity index (χ0v) is 21.0. The molecule has 3 aromatic rings. The summed E-state index contributed by atoms with van der Waals surface area (Å²) in [6.45, 7) is 1.04. The van der Waals surface area contributed by atoms with Gasteiger partial charge < -0.3 is 10.1 Å². The van der Waals surface area contributed by atoms with Gasteiger partial charge in [-0.1, -0.05) is 48.9 Å². The van der Waals surface area contributed by atoms with Crippen LogP contribution in [0.2, 0.25) is 5.02 Å². The summed E-state index contributed by atoms with van der Waals surface area (Å²) in [6, 6.07) is 15.9. The SMILES string of the molecule is CCC(NC(=O)CN(c1cc(C(F)(F)F)ccc1Cl)S(=O)(=O)c1ccccc1)c1ccc(OC)cc1. The van der Waals surface area contributed by atoms with E-state index < -0.39 is 45.9 Å². The van der Waals surface area contributed by atoms with Crippen LogP contribution in [-0.2, 0) is 21.0 Å². The molecule has 0 bridgehead atoms. The molecule has 0 saturated heterocycles. The lowest BCUT2D eigenvalue weighted by molar-refractivity contribution is -0.137. The van der Waals surface area contributed by atoms with E-state index in [0.717, 1.165) is 17.7 Å². The second-order valence-corrected chi connectivity index (χ2v) is 10.1. The highest BCUT2D eigenvalue weighted by molar-refractivity contribution is 7.92. The lowest BCUT2D eigenvalue weighted by Crippen LogP contribution is -2.42. The van der Waals surface area contributed by atoms with Gasteiger partial charge in [-0.25, -0.2) is 8.42 Å². The molecule has 3 rings (SSSR count). The highest BCUT2D eigenvalue weighted by Crippen LogP contribution is 2.37. The number of hydrogen-bond donors (Lipinski definition) is 1. The number of carbonyl (C=O) groups excluding carboxylic acids is 1. The highest BCUT2D eigenvalue weighted by Gasteiger charge is 2.34. The third-order valence-electron chi connectivity index (χ3n) is 5.42. The Hall–Kier alpha value is -3.24. The molecule has 36 heavy (non-hydrogen) atoms. The van der Waals surface area contributed by atoms with E-state index in [1.165, 1.54) is 31.4 Å². The van der Waals surface area contributed by atoms with Gasteiger partial charge >= 0.3 is 6.18 Å². The first kappa shape index (κ1) is 27.3. The summed E-state index contributed by atoms with van der Waals surface area (Å²) < 4.78 is 72.9. The number of alkyl halides is 3. The zero-order chi connectivity index (χ0) is 26.5. The number of ether oxygens (including phenoxy) is 1. The Bertz CT molecular complexity index is 1300. The normalized spacial score (nSPS) is 12.6. The van der Waals surface area contributed by atoms with Crippen LogP contribution in [0.4, 0.5) is 18.9 Å². The fraction of sp³-hybridized carbons (Fsp3) is 0.240. The second kappa shape index (κ2) is 11.2. The molecule has 0 spiro atoms. The second-order valence-electron chi connectivity index (χ2n) is 7.79. The molecule has 0 heterocycles. The van der Waals surface area contributed by atoms with Crippen molar-refractivity contribution in [2.45, 2.75) is 30.5 Å². The lowest BCUT2D eigenvalue weighted by Gasteiger charge is -2.27. The van der Waals surface area contributed by atoms with Crippen molar-refractivity contribution in [3.63, 3.8) is 0 Å². The minimum absolute atomic E-state index is 0.200. The van der Waals surface area contributed by atoms with E-state index in [9.17, 15) is 26.4 Å². The predicted octanol–water partition coefficient (Wildman–Crippen LogP) is 5.83. The standard InChI is InChI=1S/C25H24ClF3N2O4S/c1-3-22(17-9-12-19(35-2)13-10-17)30-24(32)16-31(36(33,34)20-7-5-4-6-8-20)23-15-18(25(27,28)29)11-14-21(23)26/h4-15,22H,3,16H2,1-2H3,(H,30,32). The molecule has 0 saturated carbocycles. The van der Waals surface area contributed by atoms with E-state index in [2.05, 4.69) is 5.32 Å². The maximum Gasteiger partial charge on any atom is 0.416 e. The van der Waals surface area contributed by atoms with Crippen LogP contribution in [0.1, 0.15) is 30.5 Å². The Morgan fingerprint density at radius 1 is 1.06 bits per heavy atom. The molecular weight excluding hydrogens is 517 g/mol. The molecule has 6 nitrogen and oxygen atoms in total. The number of hydrogen-bond acceptors (Lipinski definition) is 4. The van der Waals surface area contributed by atoms with Crippen molar-refractivity contribution in [3.8, 4) is 5.75 Å². The number of halogens is 4. The summed E-state index contributed by atoms with van der Waals surface area (Å²) in [7, 11) is -2.92. The van der Waals surface area contributed by atoms with E-state index in [0.29, 0.717) is 22.5 Å². The van der Waals surface area contributed by atoms with Crippen LogP contribution in [0.5, 0.6) is 5.75 Å². The Labute approximate surface area is 212 Å². The molecule has 0 aliphatic rings. The van der Waals surface area contributed by atoms with Gasteiger partial charge in [0.25, 0.3) is 10.0 Å². The van der Waals surface area contributed by atoms with Gasteiger partial charge in [0.1, 0.15) is 12.3 Å². The highest BCUT2D eigenvalue weighted by atomic mass is 35.5. The van der Waals surface area contributed by atoms with Crippen molar-refractivity contribution < 1.29 is 31.1 Å². The van der Waals surface area contributed by atoms with Gasteiger partial charge in [0.05, 0.1) is 34.3 Å². The molecule has 0 aliphatic carbocycles. The minimum atomic E-state index is -4.74. The third-order valence-corrected chi connectivity index (χ3v) is 7.52. The van der Waals surface area contributed by atoms with Gasteiger partial charge in [-0.3, -0.25) is 9.10 Å². The first-order valence-electron chi connectivity index (χ1n) is 10.8. The number of nitrogens with one attached hydrogen (secondary N) is 1. The van der Waals surface area contributed by atoms with E-state index >= 15 is 0 Å². The molecule has 0 aromatic heterocycles. The smallest absolute Gasteiger partial charge is 0.416 e. The molecule has 0 radical (unpaired) electrons. The molecule has 0 aliphatic heterocycles. The summed E-state index contributed by atoms with van der Waals surface area (Å²) in [6.07, 6.45) is -4.26. The molecule has 1 unspecified atom stereocenters. The number of carbonyl (C=O) groups is 1. The molecule has 1 atom stereocenters. The van der Waals surface area contributed by atoms with E-state index in [4.69, 9.17) is 16.3 Å². The average Bonchev–Trinajstić information content (AvgIpc) is 2.86. The fourth-order valence-electron chi connectivity index (χ4n) is 3.53. The predicted molar refractivity (Wildman–Crippen MR) is 132 cm³/mol. The van der Waals surface area contributed by atoms with Crippen LogP contribution in [0.15, 0.2) is 77.7 Å². The van der Waals surface area contributed by atoms with Crippen molar-refractivity contribution in [3.05, 3.63) is 88.9 Å². The molecule has 192 valence electrons. The van der Waals surface area contributed by atoms with Crippen LogP contribution in [0.3, 0.4) is 0 Å². The van der Waals surface area contributed by atoms with E-state index in [1.54, 1.807) is 30.3 Å². The minimum Gasteiger partial charge on any atom is -0.497 e. The maximum absolute atomic E-state index is 13.5. The number of rotatable bonds is 9. The van der Waals surface area contributed by atoms with Crippen LogP contribution in [0.25, 0.3) is 0 Å². The lowest BCUT2D eigenvalue weighted by atomic mass is 10.0. The van der Waals surface area contributed by atoms with Crippen LogP contribution in [0, 0.1) is 0 Å². The first-order chi connectivity index (χ1) is 17.0. The number of benzene rings is 3. The quantitative estimate of drug-likeness (QED) is 0.370.